The van der Waals surface area contributed by atoms with Crippen LogP contribution >= 0.6 is 0 Å². The zero-order valence-electron chi connectivity index (χ0n) is 17.2. The van der Waals surface area contributed by atoms with Crippen molar-refractivity contribution < 1.29 is 19.4 Å². The van der Waals surface area contributed by atoms with E-state index in [0.29, 0.717) is 17.9 Å². The fourth-order valence-corrected chi connectivity index (χ4v) is 3.88. The van der Waals surface area contributed by atoms with Gasteiger partial charge in [0.15, 0.2) is 0 Å². The number of Topliss-reactive ketones (excluding diaryl/α,β-unsaturated/α-hetero) is 1. The second-order valence-corrected chi connectivity index (χ2v) is 7.29. The molecule has 3 rings (SSSR count). The smallest absolute Gasteiger partial charge is 0.295 e. The molecule has 0 aliphatic carbocycles. The van der Waals surface area contributed by atoms with E-state index in [9.17, 15) is 14.7 Å². The van der Waals surface area contributed by atoms with E-state index >= 15 is 0 Å². The third-order valence-electron chi connectivity index (χ3n) is 5.19. The molecule has 1 atom stereocenters. The Kier molecular flexibility index (Phi) is 6.01. The van der Waals surface area contributed by atoms with E-state index < -0.39 is 17.7 Å². The Hall–Kier alpha value is -3.15. The molecule has 2 heterocycles. The first-order valence-corrected chi connectivity index (χ1v) is 9.74. The zero-order chi connectivity index (χ0) is 21.1. The minimum atomic E-state index is -0.679. The Morgan fingerprint density at radius 2 is 1.90 bits per heavy atom. The maximum Gasteiger partial charge on any atom is 0.295 e. The number of benzene rings is 1. The minimum absolute atomic E-state index is 0.0839. The molecule has 0 radical (unpaired) electrons. The van der Waals surface area contributed by atoms with Crippen LogP contribution in [0.25, 0.3) is 5.76 Å². The summed E-state index contributed by atoms with van der Waals surface area (Å²) in [4.78, 5) is 31.4. The highest BCUT2D eigenvalue weighted by Crippen LogP contribution is 2.41. The largest absolute Gasteiger partial charge is 0.507 e. The average molecular weight is 394 g/mol. The summed E-state index contributed by atoms with van der Waals surface area (Å²) in [5.41, 5.74) is 3.00. The minimum Gasteiger partial charge on any atom is -0.507 e. The number of aliphatic hydroxyl groups is 1. The molecule has 0 spiro atoms. The summed E-state index contributed by atoms with van der Waals surface area (Å²) in [6.07, 6.45) is 4.89. The molecule has 0 saturated carbocycles. The van der Waals surface area contributed by atoms with Gasteiger partial charge < -0.3 is 14.7 Å². The number of ether oxygens (including phenoxy) is 1. The highest BCUT2D eigenvalue weighted by atomic mass is 16.5. The molecule has 2 aromatic rings. The molecule has 6 heteroatoms. The van der Waals surface area contributed by atoms with Crippen molar-refractivity contribution in [3.05, 3.63) is 64.5 Å². The molecule has 29 heavy (non-hydrogen) atoms. The monoisotopic (exact) mass is 394 g/mol. The maximum atomic E-state index is 13.0. The van der Waals surface area contributed by atoms with E-state index in [0.717, 1.165) is 29.5 Å². The van der Waals surface area contributed by atoms with Crippen LogP contribution in [0.5, 0.6) is 5.75 Å². The van der Waals surface area contributed by atoms with Gasteiger partial charge in [0.1, 0.15) is 11.5 Å². The molecule has 1 aromatic heterocycles. The number of carbonyl (C=O) groups excluding carboxylic acids is 2. The lowest BCUT2D eigenvalue weighted by Gasteiger charge is -2.25. The molecule has 1 unspecified atom stereocenters. The fraction of sp³-hybridized carbons (Fsp3) is 0.348. The number of methoxy groups -OCH3 is 1. The highest BCUT2D eigenvalue weighted by molar-refractivity contribution is 6.46. The standard InChI is InChI=1S/C23H26N2O4/c1-5-6-11-25-19(16-7-9-24-10-8-16)18(21(27)23(25)28)20(26)17-13-14(2)12-15(3)22(17)29-4/h7-10,12-13,19,26H,5-6,11H2,1-4H3/b20-18+. The van der Waals surface area contributed by atoms with Crippen molar-refractivity contribution in [2.45, 2.75) is 39.7 Å². The van der Waals surface area contributed by atoms with Crippen LogP contribution in [0.1, 0.15) is 48.1 Å². The van der Waals surface area contributed by atoms with Gasteiger partial charge in [-0.1, -0.05) is 19.4 Å². The maximum absolute atomic E-state index is 13.0. The normalized spacial score (nSPS) is 18.3. The third-order valence-corrected chi connectivity index (χ3v) is 5.19. The summed E-state index contributed by atoms with van der Waals surface area (Å²) in [5, 5.41) is 11.2. The first-order chi connectivity index (χ1) is 13.9. The Morgan fingerprint density at radius 3 is 2.52 bits per heavy atom. The topological polar surface area (TPSA) is 79.7 Å². The number of unbranched alkanes of at least 4 members (excludes halogenated alkanes) is 1. The molecular weight excluding hydrogens is 368 g/mol. The van der Waals surface area contributed by atoms with Crippen LogP contribution in [-0.4, -0.2) is 40.3 Å². The lowest BCUT2D eigenvalue weighted by Crippen LogP contribution is -2.30. The predicted octanol–water partition coefficient (Wildman–Crippen LogP) is 3.93. The van der Waals surface area contributed by atoms with E-state index in [-0.39, 0.29) is 11.3 Å². The van der Waals surface area contributed by atoms with E-state index in [2.05, 4.69) is 4.98 Å². The molecule has 1 aliphatic rings. The zero-order valence-corrected chi connectivity index (χ0v) is 17.2. The molecule has 1 aliphatic heterocycles. The summed E-state index contributed by atoms with van der Waals surface area (Å²) in [5.74, 6) is -0.999. The van der Waals surface area contributed by atoms with Crippen molar-refractivity contribution in [1.29, 1.82) is 0 Å². The van der Waals surface area contributed by atoms with Crippen molar-refractivity contribution >= 4 is 17.4 Å². The Balaban J connectivity index is 2.24. The number of hydrogen-bond donors (Lipinski definition) is 1. The molecule has 152 valence electrons. The van der Waals surface area contributed by atoms with Gasteiger partial charge in [0.25, 0.3) is 11.7 Å². The van der Waals surface area contributed by atoms with E-state index in [4.69, 9.17) is 4.74 Å². The van der Waals surface area contributed by atoms with Crippen LogP contribution in [0.2, 0.25) is 0 Å². The van der Waals surface area contributed by atoms with Crippen molar-refractivity contribution in [3.8, 4) is 5.75 Å². The number of aromatic nitrogens is 1. The quantitative estimate of drug-likeness (QED) is 0.456. The summed E-state index contributed by atoms with van der Waals surface area (Å²) in [6.45, 7) is 6.25. The highest BCUT2D eigenvalue weighted by Gasteiger charge is 2.46. The SMILES string of the molecule is CCCCN1C(=O)C(=O)/C(=C(/O)c2cc(C)cc(C)c2OC)C1c1ccncc1. The second-order valence-electron chi connectivity index (χ2n) is 7.29. The molecule has 0 bridgehead atoms. The second kappa shape index (κ2) is 8.47. The van der Waals surface area contributed by atoms with Gasteiger partial charge in [-0.05, 0) is 55.2 Å². The van der Waals surface area contributed by atoms with Gasteiger partial charge in [-0.25, -0.2) is 0 Å². The van der Waals surface area contributed by atoms with Crippen molar-refractivity contribution in [3.63, 3.8) is 0 Å². The van der Waals surface area contributed by atoms with Crippen LogP contribution in [-0.2, 0) is 9.59 Å². The Morgan fingerprint density at radius 1 is 1.21 bits per heavy atom. The number of pyridine rings is 1. The number of carbonyl (C=O) groups is 2. The van der Waals surface area contributed by atoms with Gasteiger partial charge >= 0.3 is 0 Å². The number of amides is 1. The van der Waals surface area contributed by atoms with Crippen molar-refractivity contribution in [2.24, 2.45) is 0 Å². The van der Waals surface area contributed by atoms with Gasteiger partial charge in [-0.15, -0.1) is 0 Å². The third kappa shape index (κ3) is 3.75. The molecule has 1 fully saturated rings. The fourth-order valence-electron chi connectivity index (χ4n) is 3.88. The molecular formula is C23H26N2O4. The first-order valence-electron chi connectivity index (χ1n) is 9.74. The molecule has 1 aromatic carbocycles. The van der Waals surface area contributed by atoms with Crippen molar-refractivity contribution in [1.82, 2.24) is 9.88 Å². The van der Waals surface area contributed by atoms with Crippen molar-refractivity contribution in [2.75, 3.05) is 13.7 Å². The van der Waals surface area contributed by atoms with Crippen LogP contribution in [0.3, 0.4) is 0 Å². The van der Waals surface area contributed by atoms with Gasteiger partial charge in [0.2, 0.25) is 0 Å². The van der Waals surface area contributed by atoms with Gasteiger partial charge in [-0.2, -0.15) is 0 Å². The van der Waals surface area contributed by atoms with E-state index in [1.807, 2.05) is 26.8 Å². The van der Waals surface area contributed by atoms with E-state index in [1.54, 1.807) is 35.5 Å². The molecule has 1 saturated heterocycles. The summed E-state index contributed by atoms with van der Waals surface area (Å²) in [6, 6.07) is 6.58. The van der Waals surface area contributed by atoms with Crippen LogP contribution in [0, 0.1) is 13.8 Å². The number of aliphatic hydroxyl groups excluding tert-OH is 1. The Labute approximate surface area is 170 Å². The van der Waals surface area contributed by atoms with E-state index in [1.165, 1.54) is 7.11 Å². The van der Waals surface area contributed by atoms with Crippen LogP contribution in [0.4, 0.5) is 0 Å². The average Bonchev–Trinajstić information content (AvgIpc) is 2.96. The first kappa shape index (κ1) is 20.6. The number of hydrogen-bond acceptors (Lipinski definition) is 5. The summed E-state index contributed by atoms with van der Waals surface area (Å²) >= 11 is 0. The lowest BCUT2D eigenvalue weighted by molar-refractivity contribution is -0.139. The summed E-state index contributed by atoms with van der Waals surface area (Å²) < 4.78 is 5.49. The van der Waals surface area contributed by atoms with Gasteiger partial charge in [-0.3, -0.25) is 14.6 Å². The van der Waals surface area contributed by atoms with Gasteiger partial charge in [0.05, 0.1) is 24.3 Å². The molecule has 1 N–H and O–H groups in total. The van der Waals surface area contributed by atoms with Crippen LogP contribution < -0.4 is 4.74 Å². The number of likely N-dealkylation sites (tertiary alicyclic amines) is 1. The summed E-state index contributed by atoms with van der Waals surface area (Å²) in [7, 11) is 1.52. The molecule has 1 amide bonds. The predicted molar refractivity (Wildman–Crippen MR) is 111 cm³/mol. The number of rotatable bonds is 6. The molecule has 6 nitrogen and oxygen atoms in total. The number of nitrogens with zero attached hydrogens (tertiary/aromatic N) is 2. The van der Waals surface area contributed by atoms with Gasteiger partial charge in [0, 0.05) is 18.9 Å². The van der Waals surface area contributed by atoms with Crippen LogP contribution in [0.15, 0.2) is 42.2 Å². The number of ketones is 1. The number of aryl methyl sites for hydroxylation is 2. The lowest BCUT2D eigenvalue weighted by atomic mass is 9.94. The Bertz CT molecular complexity index is 966.